The molecular weight excluding hydrogens is 237 g/mol. The SMILES string of the molecule is O=C(c1cc2cc(F)ccc2o1)C1COCCN1. The lowest BCUT2D eigenvalue weighted by atomic mass is 10.1. The number of fused-ring (bicyclic) bond motifs is 1. The van der Waals surface area contributed by atoms with Crippen LogP contribution in [0.5, 0.6) is 0 Å². The molecule has 1 aliphatic heterocycles. The average Bonchev–Trinajstić information content (AvgIpc) is 2.81. The van der Waals surface area contributed by atoms with Crippen LogP contribution in [0.1, 0.15) is 10.6 Å². The van der Waals surface area contributed by atoms with Crippen molar-refractivity contribution in [1.29, 1.82) is 0 Å². The Morgan fingerprint density at radius 1 is 1.39 bits per heavy atom. The van der Waals surface area contributed by atoms with Crippen molar-refractivity contribution in [2.75, 3.05) is 19.8 Å². The first-order valence-electron chi connectivity index (χ1n) is 5.78. The molecule has 18 heavy (non-hydrogen) atoms. The quantitative estimate of drug-likeness (QED) is 0.824. The van der Waals surface area contributed by atoms with Crippen molar-refractivity contribution in [3.8, 4) is 0 Å². The summed E-state index contributed by atoms with van der Waals surface area (Å²) in [6.07, 6.45) is 0. The standard InChI is InChI=1S/C13H12FNO3/c14-9-1-2-11-8(5-9)6-12(18-11)13(16)10-7-17-4-3-15-10/h1-2,5-6,10,15H,3-4,7H2. The number of Topliss-reactive ketones (excluding diaryl/α,β-unsaturated/α-hetero) is 1. The molecule has 2 heterocycles. The molecule has 1 aromatic heterocycles. The normalized spacial score (nSPS) is 20.2. The fourth-order valence-corrected chi connectivity index (χ4v) is 2.04. The number of carbonyl (C=O) groups is 1. The molecule has 94 valence electrons. The Balaban J connectivity index is 1.91. The molecule has 1 fully saturated rings. The van der Waals surface area contributed by atoms with Crippen LogP contribution in [0.2, 0.25) is 0 Å². The van der Waals surface area contributed by atoms with Crippen LogP contribution in [0.3, 0.4) is 0 Å². The summed E-state index contributed by atoms with van der Waals surface area (Å²) >= 11 is 0. The highest BCUT2D eigenvalue weighted by Crippen LogP contribution is 2.21. The van der Waals surface area contributed by atoms with E-state index in [1.807, 2.05) is 0 Å². The molecular formula is C13H12FNO3. The molecule has 0 saturated carbocycles. The lowest BCUT2D eigenvalue weighted by Crippen LogP contribution is -2.46. The number of carbonyl (C=O) groups excluding carboxylic acids is 1. The summed E-state index contributed by atoms with van der Waals surface area (Å²) in [4.78, 5) is 12.1. The van der Waals surface area contributed by atoms with Gasteiger partial charge in [0.1, 0.15) is 11.4 Å². The molecule has 5 heteroatoms. The van der Waals surface area contributed by atoms with Crippen LogP contribution >= 0.6 is 0 Å². The van der Waals surface area contributed by atoms with Gasteiger partial charge in [0.2, 0.25) is 5.78 Å². The molecule has 0 aliphatic carbocycles. The Morgan fingerprint density at radius 2 is 2.28 bits per heavy atom. The molecule has 0 radical (unpaired) electrons. The Hall–Kier alpha value is -1.72. The van der Waals surface area contributed by atoms with Crippen LogP contribution in [0, 0.1) is 5.82 Å². The summed E-state index contributed by atoms with van der Waals surface area (Å²) in [5.41, 5.74) is 0.511. The van der Waals surface area contributed by atoms with Gasteiger partial charge >= 0.3 is 0 Å². The Morgan fingerprint density at radius 3 is 3.06 bits per heavy atom. The molecule has 1 atom stereocenters. The van der Waals surface area contributed by atoms with Gasteiger partial charge in [-0.3, -0.25) is 4.79 Å². The molecule has 1 aromatic carbocycles. The van der Waals surface area contributed by atoms with Gasteiger partial charge < -0.3 is 14.5 Å². The summed E-state index contributed by atoms with van der Waals surface area (Å²) < 4.78 is 23.7. The Labute approximate surface area is 103 Å². The van der Waals surface area contributed by atoms with Gasteiger partial charge in [0.05, 0.1) is 19.3 Å². The maximum absolute atomic E-state index is 13.0. The molecule has 0 spiro atoms. The van der Waals surface area contributed by atoms with E-state index in [4.69, 9.17) is 9.15 Å². The number of furan rings is 1. The van der Waals surface area contributed by atoms with Crippen molar-refractivity contribution in [1.82, 2.24) is 5.32 Å². The Kier molecular flexibility index (Phi) is 2.85. The van der Waals surface area contributed by atoms with Crippen molar-refractivity contribution < 1.29 is 18.3 Å². The zero-order valence-electron chi connectivity index (χ0n) is 9.61. The van der Waals surface area contributed by atoms with Crippen molar-refractivity contribution >= 4 is 16.8 Å². The second-order valence-electron chi connectivity index (χ2n) is 4.24. The third kappa shape index (κ3) is 2.02. The van der Waals surface area contributed by atoms with Crippen LogP contribution < -0.4 is 5.32 Å². The molecule has 1 unspecified atom stereocenters. The summed E-state index contributed by atoms with van der Waals surface area (Å²) in [5, 5.41) is 3.66. The molecule has 1 aliphatic rings. The fourth-order valence-electron chi connectivity index (χ4n) is 2.04. The zero-order chi connectivity index (χ0) is 12.5. The lowest BCUT2D eigenvalue weighted by Gasteiger charge is -2.21. The predicted octanol–water partition coefficient (Wildman–Crippen LogP) is 1.74. The molecule has 1 saturated heterocycles. The number of rotatable bonds is 2. The highest BCUT2D eigenvalue weighted by molar-refractivity contribution is 6.01. The number of hydrogen-bond donors (Lipinski definition) is 1. The molecule has 4 nitrogen and oxygen atoms in total. The van der Waals surface area contributed by atoms with Crippen molar-refractivity contribution in [2.45, 2.75) is 6.04 Å². The average molecular weight is 249 g/mol. The molecule has 3 rings (SSSR count). The number of morpholine rings is 1. The number of hydrogen-bond acceptors (Lipinski definition) is 4. The summed E-state index contributed by atoms with van der Waals surface area (Å²) in [6.45, 7) is 1.59. The van der Waals surface area contributed by atoms with E-state index >= 15 is 0 Å². The zero-order valence-corrected chi connectivity index (χ0v) is 9.61. The second-order valence-corrected chi connectivity index (χ2v) is 4.24. The van der Waals surface area contributed by atoms with E-state index in [0.717, 1.165) is 0 Å². The maximum atomic E-state index is 13.0. The van der Waals surface area contributed by atoms with E-state index < -0.39 is 0 Å². The minimum absolute atomic E-state index is 0.161. The van der Waals surface area contributed by atoms with Gasteiger partial charge in [-0.05, 0) is 24.3 Å². The van der Waals surface area contributed by atoms with E-state index in [1.54, 1.807) is 6.07 Å². The van der Waals surface area contributed by atoms with Gasteiger partial charge in [0.25, 0.3) is 0 Å². The first-order chi connectivity index (χ1) is 8.74. The summed E-state index contributed by atoms with van der Waals surface area (Å²) in [5.74, 6) is -0.272. The van der Waals surface area contributed by atoms with Crippen LogP contribution in [0.4, 0.5) is 4.39 Å². The highest BCUT2D eigenvalue weighted by atomic mass is 19.1. The summed E-state index contributed by atoms with van der Waals surface area (Å²) in [7, 11) is 0. The van der Waals surface area contributed by atoms with Crippen LogP contribution in [0.25, 0.3) is 11.0 Å². The third-order valence-electron chi connectivity index (χ3n) is 2.96. The van der Waals surface area contributed by atoms with Crippen molar-refractivity contribution in [2.24, 2.45) is 0 Å². The number of ether oxygens (including phenoxy) is 1. The lowest BCUT2D eigenvalue weighted by molar-refractivity contribution is 0.0590. The molecule has 2 aromatic rings. The largest absolute Gasteiger partial charge is 0.453 e. The van der Waals surface area contributed by atoms with E-state index in [2.05, 4.69) is 5.32 Å². The minimum atomic E-state index is -0.385. The highest BCUT2D eigenvalue weighted by Gasteiger charge is 2.25. The van der Waals surface area contributed by atoms with Gasteiger partial charge in [0.15, 0.2) is 5.76 Å². The van der Waals surface area contributed by atoms with Crippen LogP contribution in [0.15, 0.2) is 28.7 Å². The molecule has 0 amide bonds. The van der Waals surface area contributed by atoms with Gasteiger partial charge in [-0.1, -0.05) is 0 Å². The number of nitrogens with one attached hydrogen (secondary N) is 1. The maximum Gasteiger partial charge on any atom is 0.217 e. The van der Waals surface area contributed by atoms with E-state index in [9.17, 15) is 9.18 Å². The fraction of sp³-hybridized carbons (Fsp3) is 0.308. The van der Waals surface area contributed by atoms with Gasteiger partial charge in [-0.2, -0.15) is 0 Å². The van der Waals surface area contributed by atoms with Gasteiger partial charge in [0, 0.05) is 11.9 Å². The van der Waals surface area contributed by atoms with E-state index in [0.29, 0.717) is 30.7 Å². The molecule has 1 N–H and O–H groups in total. The first kappa shape index (κ1) is 11.4. The van der Waals surface area contributed by atoms with Crippen molar-refractivity contribution in [3.63, 3.8) is 0 Å². The topological polar surface area (TPSA) is 51.5 Å². The third-order valence-corrected chi connectivity index (χ3v) is 2.96. The first-order valence-corrected chi connectivity index (χ1v) is 5.78. The Bertz CT molecular complexity index is 587. The number of benzene rings is 1. The molecule has 0 bridgehead atoms. The number of halogens is 1. The smallest absolute Gasteiger partial charge is 0.217 e. The van der Waals surface area contributed by atoms with E-state index in [-0.39, 0.29) is 23.4 Å². The summed E-state index contributed by atoms with van der Waals surface area (Å²) in [6, 6.07) is 5.36. The predicted molar refractivity (Wildman–Crippen MR) is 63.1 cm³/mol. The number of ketones is 1. The van der Waals surface area contributed by atoms with Gasteiger partial charge in [-0.15, -0.1) is 0 Å². The van der Waals surface area contributed by atoms with E-state index in [1.165, 1.54) is 18.2 Å². The van der Waals surface area contributed by atoms with Crippen LogP contribution in [-0.4, -0.2) is 31.6 Å². The van der Waals surface area contributed by atoms with Crippen LogP contribution in [-0.2, 0) is 4.74 Å². The van der Waals surface area contributed by atoms with Crippen molar-refractivity contribution in [3.05, 3.63) is 35.8 Å². The second kappa shape index (κ2) is 4.51. The monoisotopic (exact) mass is 249 g/mol. The minimum Gasteiger partial charge on any atom is -0.453 e. The van der Waals surface area contributed by atoms with Gasteiger partial charge in [-0.25, -0.2) is 4.39 Å².